The average Bonchev–Trinajstić information content (AvgIpc) is 2.77. The largest absolute Gasteiger partial charge is 0.469 e. The molecule has 2 fully saturated rings. The number of hydrogen-bond donors (Lipinski definition) is 0. The fraction of sp³-hybridized carbons (Fsp3) is 0.857. The molecule has 2 rings (SSSR count). The first-order chi connectivity index (χ1) is 8.45. The molecule has 18 heavy (non-hydrogen) atoms. The molecule has 0 aromatic rings. The van der Waals surface area contributed by atoms with Crippen molar-refractivity contribution in [1.29, 1.82) is 0 Å². The standard InChI is InChI=1S/C14H22O4/c1-6-7(2)10-8(3)9(6)11(13(15)17-4)12(10)14(16)18-5/h6-12H,1-5H3/t6-,7-,8?,9?,10?,11+,12?/m1/s1. The van der Waals surface area contributed by atoms with Crippen molar-refractivity contribution in [2.24, 2.45) is 41.4 Å². The molecule has 0 N–H and O–H groups in total. The number of rotatable bonds is 2. The van der Waals surface area contributed by atoms with E-state index in [1.165, 1.54) is 14.2 Å². The fourth-order valence-corrected chi connectivity index (χ4v) is 4.58. The highest BCUT2D eigenvalue weighted by Crippen LogP contribution is 2.61. The third kappa shape index (κ3) is 1.57. The van der Waals surface area contributed by atoms with Gasteiger partial charge in [0.15, 0.2) is 0 Å². The summed E-state index contributed by atoms with van der Waals surface area (Å²) in [5, 5.41) is 0. The van der Waals surface area contributed by atoms with Gasteiger partial charge in [-0.1, -0.05) is 20.8 Å². The molecule has 102 valence electrons. The molecule has 0 heterocycles. The van der Waals surface area contributed by atoms with Crippen molar-refractivity contribution < 1.29 is 19.1 Å². The predicted octanol–water partition coefficient (Wildman–Crippen LogP) is 1.73. The smallest absolute Gasteiger partial charge is 0.309 e. The minimum Gasteiger partial charge on any atom is -0.469 e. The summed E-state index contributed by atoms with van der Waals surface area (Å²) in [4.78, 5) is 24.0. The van der Waals surface area contributed by atoms with Crippen LogP contribution in [0.25, 0.3) is 0 Å². The van der Waals surface area contributed by atoms with Crippen LogP contribution < -0.4 is 0 Å². The van der Waals surface area contributed by atoms with Crippen LogP contribution in [0.3, 0.4) is 0 Å². The van der Waals surface area contributed by atoms with Gasteiger partial charge in [-0.3, -0.25) is 9.59 Å². The topological polar surface area (TPSA) is 52.6 Å². The van der Waals surface area contributed by atoms with Gasteiger partial charge in [-0.15, -0.1) is 0 Å². The quantitative estimate of drug-likeness (QED) is 0.704. The Hall–Kier alpha value is -1.06. The lowest BCUT2D eigenvalue weighted by molar-refractivity contribution is -0.162. The van der Waals surface area contributed by atoms with Crippen LogP contribution in [0.2, 0.25) is 0 Å². The van der Waals surface area contributed by atoms with Gasteiger partial charge < -0.3 is 9.47 Å². The molecule has 2 aliphatic carbocycles. The highest BCUT2D eigenvalue weighted by molar-refractivity contribution is 5.84. The molecule has 0 aromatic carbocycles. The number of carbonyl (C=O) groups excluding carboxylic acids is 2. The summed E-state index contributed by atoms with van der Waals surface area (Å²) in [6.45, 7) is 6.50. The molecule has 2 bridgehead atoms. The first-order valence-electron chi connectivity index (χ1n) is 6.61. The van der Waals surface area contributed by atoms with Gasteiger partial charge in [-0.2, -0.15) is 0 Å². The minimum absolute atomic E-state index is 0.238. The van der Waals surface area contributed by atoms with Crippen LogP contribution >= 0.6 is 0 Å². The molecule has 7 atom stereocenters. The van der Waals surface area contributed by atoms with E-state index < -0.39 is 0 Å². The molecule has 0 aliphatic heterocycles. The Morgan fingerprint density at radius 2 is 1.06 bits per heavy atom. The molecule has 4 unspecified atom stereocenters. The second kappa shape index (κ2) is 4.56. The average molecular weight is 254 g/mol. The number of ether oxygens (including phenoxy) is 2. The van der Waals surface area contributed by atoms with Crippen molar-refractivity contribution in [2.75, 3.05) is 14.2 Å². The predicted molar refractivity (Wildman–Crippen MR) is 65.5 cm³/mol. The van der Waals surface area contributed by atoms with Crippen LogP contribution in [0.4, 0.5) is 0 Å². The Morgan fingerprint density at radius 1 is 0.722 bits per heavy atom. The Balaban J connectivity index is 2.38. The summed E-state index contributed by atoms with van der Waals surface area (Å²) in [6.07, 6.45) is 0. The number of carbonyl (C=O) groups is 2. The first-order valence-corrected chi connectivity index (χ1v) is 6.61. The molecule has 0 saturated heterocycles. The van der Waals surface area contributed by atoms with E-state index in [1.807, 2.05) is 0 Å². The zero-order valence-electron chi connectivity index (χ0n) is 11.7. The summed E-state index contributed by atoms with van der Waals surface area (Å²) in [5.41, 5.74) is 0. The van der Waals surface area contributed by atoms with Gasteiger partial charge in [0.25, 0.3) is 0 Å². The molecular formula is C14H22O4. The first kappa shape index (κ1) is 13.4. The van der Waals surface area contributed by atoms with Crippen molar-refractivity contribution in [3.05, 3.63) is 0 Å². The van der Waals surface area contributed by atoms with Crippen LogP contribution in [0.1, 0.15) is 20.8 Å². The fourth-order valence-electron chi connectivity index (χ4n) is 4.58. The van der Waals surface area contributed by atoms with Crippen molar-refractivity contribution in [3.63, 3.8) is 0 Å². The van der Waals surface area contributed by atoms with Crippen LogP contribution in [-0.4, -0.2) is 26.2 Å². The number of fused-ring (bicyclic) bond motifs is 2. The molecule has 0 radical (unpaired) electrons. The molecule has 4 nitrogen and oxygen atoms in total. The lowest BCUT2D eigenvalue weighted by atomic mass is 9.69. The molecule has 2 aliphatic rings. The maximum Gasteiger partial charge on any atom is 0.309 e. The van der Waals surface area contributed by atoms with Gasteiger partial charge in [0, 0.05) is 0 Å². The van der Waals surface area contributed by atoms with Gasteiger partial charge in [-0.05, 0) is 29.6 Å². The SMILES string of the molecule is COC(=O)C1C2C(C)C([C@@H]1C(=O)OC)[C@H](C)[C@H]2C. The monoisotopic (exact) mass is 254 g/mol. The summed E-state index contributed by atoms with van der Waals surface area (Å²) >= 11 is 0. The Bertz CT molecular complexity index is 331. The maximum absolute atomic E-state index is 12.0. The van der Waals surface area contributed by atoms with Gasteiger partial charge in [0.2, 0.25) is 0 Å². The number of hydrogen-bond acceptors (Lipinski definition) is 4. The van der Waals surface area contributed by atoms with Gasteiger partial charge in [0.1, 0.15) is 0 Å². The molecule has 0 amide bonds. The highest BCUT2D eigenvalue weighted by Gasteiger charge is 2.64. The summed E-state index contributed by atoms with van der Waals surface area (Å²) in [5.74, 6) is 0.589. The third-order valence-electron chi connectivity index (χ3n) is 5.42. The lowest BCUT2D eigenvalue weighted by Crippen LogP contribution is -2.41. The molecule has 4 heteroatoms. The molecule has 2 saturated carbocycles. The van der Waals surface area contributed by atoms with E-state index >= 15 is 0 Å². The van der Waals surface area contributed by atoms with E-state index in [0.29, 0.717) is 17.8 Å². The van der Waals surface area contributed by atoms with E-state index in [9.17, 15) is 9.59 Å². The van der Waals surface area contributed by atoms with E-state index in [4.69, 9.17) is 9.47 Å². The molecule has 0 aromatic heterocycles. The second-order valence-electron chi connectivity index (χ2n) is 5.83. The van der Waals surface area contributed by atoms with Crippen molar-refractivity contribution in [3.8, 4) is 0 Å². The van der Waals surface area contributed by atoms with E-state index in [-0.39, 0.29) is 35.6 Å². The zero-order valence-corrected chi connectivity index (χ0v) is 11.7. The van der Waals surface area contributed by atoms with Crippen LogP contribution in [0.5, 0.6) is 0 Å². The Morgan fingerprint density at radius 3 is 1.33 bits per heavy atom. The minimum atomic E-state index is -0.325. The summed E-state index contributed by atoms with van der Waals surface area (Å²) in [7, 11) is 2.78. The number of methoxy groups -OCH3 is 2. The maximum atomic E-state index is 12.0. The summed E-state index contributed by atoms with van der Waals surface area (Å²) in [6, 6.07) is 0. The van der Waals surface area contributed by atoms with Gasteiger partial charge in [-0.25, -0.2) is 0 Å². The van der Waals surface area contributed by atoms with E-state index in [1.54, 1.807) is 0 Å². The molecular weight excluding hydrogens is 232 g/mol. The second-order valence-corrected chi connectivity index (χ2v) is 5.83. The van der Waals surface area contributed by atoms with E-state index in [0.717, 1.165) is 0 Å². The van der Waals surface area contributed by atoms with Crippen molar-refractivity contribution in [1.82, 2.24) is 0 Å². The lowest BCUT2D eigenvalue weighted by Gasteiger charge is -2.35. The van der Waals surface area contributed by atoms with Crippen LogP contribution in [0, 0.1) is 41.4 Å². The number of esters is 2. The third-order valence-corrected chi connectivity index (χ3v) is 5.42. The van der Waals surface area contributed by atoms with Gasteiger partial charge in [0.05, 0.1) is 26.1 Å². The highest BCUT2D eigenvalue weighted by atomic mass is 16.5. The Kier molecular flexibility index (Phi) is 3.39. The van der Waals surface area contributed by atoms with Crippen LogP contribution in [0.15, 0.2) is 0 Å². The van der Waals surface area contributed by atoms with Crippen molar-refractivity contribution >= 4 is 11.9 Å². The van der Waals surface area contributed by atoms with Gasteiger partial charge >= 0.3 is 11.9 Å². The van der Waals surface area contributed by atoms with Crippen LogP contribution in [-0.2, 0) is 19.1 Å². The van der Waals surface area contributed by atoms with Crippen molar-refractivity contribution in [2.45, 2.75) is 20.8 Å². The molecule has 0 spiro atoms. The Labute approximate surface area is 108 Å². The summed E-state index contributed by atoms with van der Waals surface area (Å²) < 4.78 is 9.79. The van der Waals surface area contributed by atoms with E-state index in [2.05, 4.69) is 20.8 Å². The zero-order chi connectivity index (χ0) is 13.6. The normalized spacial score (nSPS) is 45.9.